The number of carbonyl (C=O) groups excluding carboxylic acids is 1. The molecule has 2 unspecified atom stereocenters. The zero-order chi connectivity index (χ0) is 16.8. The molecule has 24 heavy (non-hydrogen) atoms. The lowest BCUT2D eigenvalue weighted by atomic mass is 10.0. The summed E-state index contributed by atoms with van der Waals surface area (Å²) in [6.07, 6.45) is 3.39. The Balaban J connectivity index is 1.59. The van der Waals surface area contributed by atoms with Crippen LogP contribution in [-0.2, 0) is 16.0 Å². The van der Waals surface area contributed by atoms with E-state index in [9.17, 15) is 4.79 Å². The smallest absolute Gasteiger partial charge is 0.230 e. The largest absolute Gasteiger partial charge is 0.383 e. The van der Waals surface area contributed by atoms with Crippen molar-refractivity contribution in [2.45, 2.75) is 25.9 Å². The third-order valence-electron chi connectivity index (χ3n) is 4.32. The van der Waals surface area contributed by atoms with Gasteiger partial charge >= 0.3 is 0 Å². The van der Waals surface area contributed by atoms with E-state index < -0.39 is 0 Å². The molecule has 0 radical (unpaired) electrons. The first-order valence-electron chi connectivity index (χ1n) is 8.39. The number of hydrogen-bond acceptors (Lipinski definition) is 4. The number of hydrogen-bond donors (Lipinski definition) is 2. The molecule has 1 fully saturated rings. The van der Waals surface area contributed by atoms with Crippen molar-refractivity contribution in [3.05, 3.63) is 54.4 Å². The van der Waals surface area contributed by atoms with Crippen molar-refractivity contribution in [2.24, 2.45) is 5.92 Å². The van der Waals surface area contributed by atoms with Crippen molar-refractivity contribution in [3.8, 4) is 0 Å². The summed E-state index contributed by atoms with van der Waals surface area (Å²) in [6.45, 7) is 3.37. The second kappa shape index (κ2) is 7.93. The first-order chi connectivity index (χ1) is 11.7. The van der Waals surface area contributed by atoms with Gasteiger partial charge in [0.1, 0.15) is 0 Å². The number of nitrogens with one attached hydrogen (secondary N) is 2. The van der Waals surface area contributed by atoms with Crippen LogP contribution in [0.3, 0.4) is 0 Å². The highest BCUT2D eigenvalue weighted by molar-refractivity contribution is 5.96. The fourth-order valence-corrected chi connectivity index (χ4v) is 2.92. The highest BCUT2D eigenvalue weighted by Gasteiger charge is 2.30. The molecule has 2 heterocycles. The summed E-state index contributed by atoms with van der Waals surface area (Å²) in [5.74, 6) is -0.0504. The molecule has 2 N–H and O–H groups in total. The van der Waals surface area contributed by atoms with Crippen LogP contribution in [0.25, 0.3) is 0 Å². The summed E-state index contributed by atoms with van der Waals surface area (Å²) in [6, 6.07) is 13.7. The van der Waals surface area contributed by atoms with Crippen molar-refractivity contribution in [3.63, 3.8) is 0 Å². The number of rotatable bonds is 6. The maximum absolute atomic E-state index is 12.4. The SMILES string of the molecule is CC1OCCC1C(=O)Nc1ccccc1NCCc1ccccn1. The van der Waals surface area contributed by atoms with E-state index in [1.165, 1.54) is 0 Å². The number of pyridine rings is 1. The van der Waals surface area contributed by atoms with Gasteiger partial charge in [-0.05, 0) is 37.6 Å². The number of amides is 1. The highest BCUT2D eigenvalue weighted by atomic mass is 16.5. The molecule has 0 spiro atoms. The van der Waals surface area contributed by atoms with Gasteiger partial charge in [0, 0.05) is 31.5 Å². The topological polar surface area (TPSA) is 63.2 Å². The van der Waals surface area contributed by atoms with Crippen LogP contribution in [0.15, 0.2) is 48.7 Å². The van der Waals surface area contributed by atoms with Crippen LogP contribution in [0.4, 0.5) is 11.4 Å². The molecule has 0 aliphatic carbocycles. The highest BCUT2D eigenvalue weighted by Crippen LogP contribution is 2.25. The van der Waals surface area contributed by atoms with Gasteiger partial charge in [0.2, 0.25) is 5.91 Å². The lowest BCUT2D eigenvalue weighted by Gasteiger charge is -2.17. The van der Waals surface area contributed by atoms with E-state index in [0.29, 0.717) is 6.61 Å². The number of anilines is 2. The minimum Gasteiger partial charge on any atom is -0.383 e. The zero-order valence-corrected chi connectivity index (χ0v) is 13.9. The lowest BCUT2D eigenvalue weighted by Crippen LogP contribution is -2.28. The lowest BCUT2D eigenvalue weighted by molar-refractivity contribution is -0.121. The molecule has 1 aliphatic heterocycles. The predicted molar refractivity (Wildman–Crippen MR) is 95.0 cm³/mol. The summed E-state index contributed by atoms with van der Waals surface area (Å²) >= 11 is 0. The quantitative estimate of drug-likeness (QED) is 0.856. The Bertz CT molecular complexity index is 675. The summed E-state index contributed by atoms with van der Waals surface area (Å²) in [7, 11) is 0. The molecule has 1 aromatic carbocycles. The summed E-state index contributed by atoms with van der Waals surface area (Å²) in [5, 5.41) is 6.42. The van der Waals surface area contributed by atoms with E-state index in [2.05, 4.69) is 15.6 Å². The van der Waals surface area contributed by atoms with Crippen LogP contribution in [-0.4, -0.2) is 30.1 Å². The molecule has 5 heteroatoms. The monoisotopic (exact) mass is 325 g/mol. The fourth-order valence-electron chi connectivity index (χ4n) is 2.92. The predicted octanol–water partition coefficient (Wildman–Crippen LogP) is 3.10. The second-order valence-corrected chi connectivity index (χ2v) is 6.00. The van der Waals surface area contributed by atoms with Crippen LogP contribution >= 0.6 is 0 Å². The first-order valence-corrected chi connectivity index (χ1v) is 8.39. The zero-order valence-electron chi connectivity index (χ0n) is 13.9. The molecule has 126 valence electrons. The van der Waals surface area contributed by atoms with Crippen molar-refractivity contribution in [1.29, 1.82) is 0 Å². The Labute approximate surface area is 142 Å². The normalized spacial score (nSPS) is 19.9. The number of nitrogens with zero attached hydrogens (tertiary/aromatic N) is 1. The molecule has 2 atom stereocenters. The average Bonchev–Trinajstić information content (AvgIpc) is 3.03. The molecule has 1 amide bonds. The summed E-state index contributed by atoms with van der Waals surface area (Å²) in [5.41, 5.74) is 2.78. The van der Waals surface area contributed by atoms with Crippen molar-refractivity contribution < 1.29 is 9.53 Å². The molecule has 5 nitrogen and oxygen atoms in total. The Hall–Kier alpha value is -2.40. The van der Waals surface area contributed by atoms with Gasteiger partial charge < -0.3 is 15.4 Å². The van der Waals surface area contributed by atoms with E-state index in [4.69, 9.17) is 4.74 Å². The first kappa shape index (κ1) is 16.5. The van der Waals surface area contributed by atoms with E-state index >= 15 is 0 Å². The maximum Gasteiger partial charge on any atom is 0.230 e. The third-order valence-corrected chi connectivity index (χ3v) is 4.32. The molecule has 0 saturated carbocycles. The van der Waals surface area contributed by atoms with Crippen molar-refractivity contribution in [1.82, 2.24) is 4.98 Å². The van der Waals surface area contributed by atoms with Gasteiger partial charge in [0.15, 0.2) is 0 Å². The van der Waals surface area contributed by atoms with Crippen LogP contribution in [0.1, 0.15) is 19.0 Å². The summed E-state index contributed by atoms with van der Waals surface area (Å²) in [4.78, 5) is 16.8. The van der Waals surface area contributed by atoms with Gasteiger partial charge in [-0.1, -0.05) is 18.2 Å². The number of carbonyl (C=O) groups is 1. The molecule has 0 bridgehead atoms. The Morgan fingerprint density at radius 2 is 2.00 bits per heavy atom. The summed E-state index contributed by atoms with van der Waals surface area (Å²) < 4.78 is 5.48. The molecular formula is C19H23N3O2. The van der Waals surface area contributed by atoms with Gasteiger partial charge in [-0.25, -0.2) is 0 Å². The van der Waals surface area contributed by atoms with E-state index in [-0.39, 0.29) is 17.9 Å². The fraction of sp³-hybridized carbons (Fsp3) is 0.368. The third kappa shape index (κ3) is 4.11. The molecule has 3 rings (SSSR count). The number of aromatic nitrogens is 1. The van der Waals surface area contributed by atoms with E-state index in [1.54, 1.807) is 6.20 Å². The number of benzene rings is 1. The second-order valence-electron chi connectivity index (χ2n) is 6.00. The average molecular weight is 325 g/mol. The Kier molecular flexibility index (Phi) is 5.43. The number of ether oxygens (including phenoxy) is 1. The van der Waals surface area contributed by atoms with Crippen LogP contribution in [0.2, 0.25) is 0 Å². The molecule has 1 aliphatic rings. The van der Waals surface area contributed by atoms with E-state index in [0.717, 1.165) is 36.5 Å². The number of para-hydroxylation sites is 2. The molecular weight excluding hydrogens is 302 g/mol. The van der Waals surface area contributed by atoms with Gasteiger partial charge in [-0.2, -0.15) is 0 Å². The van der Waals surface area contributed by atoms with Gasteiger partial charge in [0.25, 0.3) is 0 Å². The van der Waals surface area contributed by atoms with E-state index in [1.807, 2.05) is 49.4 Å². The molecule has 1 aromatic heterocycles. The molecule has 1 saturated heterocycles. The Morgan fingerprint density at radius 3 is 2.71 bits per heavy atom. The Morgan fingerprint density at radius 1 is 1.21 bits per heavy atom. The maximum atomic E-state index is 12.4. The van der Waals surface area contributed by atoms with Gasteiger partial charge in [-0.15, -0.1) is 0 Å². The van der Waals surface area contributed by atoms with Gasteiger partial charge in [0.05, 0.1) is 23.4 Å². The van der Waals surface area contributed by atoms with Crippen LogP contribution < -0.4 is 10.6 Å². The van der Waals surface area contributed by atoms with Crippen molar-refractivity contribution in [2.75, 3.05) is 23.8 Å². The van der Waals surface area contributed by atoms with Crippen LogP contribution in [0.5, 0.6) is 0 Å². The standard InChI is InChI=1S/C19H23N3O2/c1-14-16(10-13-24-14)19(23)22-18-8-3-2-7-17(18)21-12-9-15-6-4-5-11-20-15/h2-8,11,14,16,21H,9-10,12-13H2,1H3,(H,22,23). The minimum absolute atomic E-state index is 0.0192. The molecule has 2 aromatic rings. The van der Waals surface area contributed by atoms with Gasteiger partial charge in [-0.3, -0.25) is 9.78 Å². The van der Waals surface area contributed by atoms with Crippen LogP contribution in [0, 0.1) is 5.92 Å². The minimum atomic E-state index is -0.0772. The van der Waals surface area contributed by atoms with Crippen molar-refractivity contribution >= 4 is 17.3 Å².